The Hall–Kier alpha value is -1.31. The first kappa shape index (κ1) is 12.2. The SMILES string of the molecule is NC(=NCCc1ccccc1)C1CCCCC1. The van der Waals surface area contributed by atoms with Gasteiger partial charge in [-0.2, -0.15) is 0 Å². The van der Waals surface area contributed by atoms with Gasteiger partial charge in [-0.3, -0.25) is 4.99 Å². The fourth-order valence-electron chi connectivity index (χ4n) is 2.49. The van der Waals surface area contributed by atoms with Crippen molar-refractivity contribution < 1.29 is 0 Å². The fourth-order valence-corrected chi connectivity index (χ4v) is 2.49. The van der Waals surface area contributed by atoms with E-state index in [1.165, 1.54) is 37.7 Å². The van der Waals surface area contributed by atoms with Gasteiger partial charge in [-0.15, -0.1) is 0 Å². The lowest BCUT2D eigenvalue weighted by Gasteiger charge is -2.20. The maximum Gasteiger partial charge on any atom is 0.0968 e. The van der Waals surface area contributed by atoms with Crippen LogP contribution in [-0.4, -0.2) is 12.4 Å². The molecule has 0 aliphatic heterocycles. The molecule has 2 N–H and O–H groups in total. The summed E-state index contributed by atoms with van der Waals surface area (Å²) >= 11 is 0. The molecule has 0 aromatic heterocycles. The molecule has 2 rings (SSSR count). The third-order valence-corrected chi connectivity index (χ3v) is 3.56. The van der Waals surface area contributed by atoms with Gasteiger partial charge in [0.2, 0.25) is 0 Å². The van der Waals surface area contributed by atoms with Crippen molar-refractivity contribution in [2.45, 2.75) is 38.5 Å². The zero-order valence-electron chi connectivity index (χ0n) is 10.4. The van der Waals surface area contributed by atoms with Crippen LogP contribution in [0.2, 0.25) is 0 Å². The van der Waals surface area contributed by atoms with E-state index in [2.05, 4.69) is 29.3 Å². The molecular formula is C15H22N2. The lowest BCUT2D eigenvalue weighted by molar-refractivity contribution is 0.436. The van der Waals surface area contributed by atoms with Gasteiger partial charge in [-0.05, 0) is 24.8 Å². The summed E-state index contributed by atoms with van der Waals surface area (Å²) < 4.78 is 0. The van der Waals surface area contributed by atoms with Gasteiger partial charge < -0.3 is 5.73 Å². The minimum absolute atomic E-state index is 0.555. The predicted octanol–water partition coefficient (Wildman–Crippen LogP) is 3.17. The lowest BCUT2D eigenvalue weighted by atomic mass is 9.88. The Kier molecular flexibility index (Phi) is 4.60. The van der Waals surface area contributed by atoms with Crippen LogP contribution in [0.3, 0.4) is 0 Å². The molecule has 0 spiro atoms. The molecule has 0 bridgehead atoms. The van der Waals surface area contributed by atoms with Crippen LogP contribution in [0, 0.1) is 5.92 Å². The zero-order valence-corrected chi connectivity index (χ0v) is 10.4. The van der Waals surface area contributed by atoms with Crippen LogP contribution in [0.4, 0.5) is 0 Å². The molecule has 1 aliphatic carbocycles. The molecule has 2 nitrogen and oxygen atoms in total. The number of aliphatic imine (C=N–C) groups is 1. The molecule has 17 heavy (non-hydrogen) atoms. The first-order valence-electron chi connectivity index (χ1n) is 6.70. The highest BCUT2D eigenvalue weighted by Gasteiger charge is 2.16. The van der Waals surface area contributed by atoms with Crippen LogP contribution in [0.25, 0.3) is 0 Å². The molecule has 0 radical (unpaired) electrons. The van der Waals surface area contributed by atoms with Gasteiger partial charge in [-0.1, -0.05) is 49.6 Å². The predicted molar refractivity (Wildman–Crippen MR) is 73.2 cm³/mol. The van der Waals surface area contributed by atoms with Gasteiger partial charge in [0.1, 0.15) is 0 Å². The van der Waals surface area contributed by atoms with E-state index in [4.69, 9.17) is 5.73 Å². The van der Waals surface area contributed by atoms with E-state index in [9.17, 15) is 0 Å². The first-order chi connectivity index (χ1) is 8.36. The van der Waals surface area contributed by atoms with E-state index in [0.29, 0.717) is 5.92 Å². The number of benzene rings is 1. The molecule has 2 heteroatoms. The van der Waals surface area contributed by atoms with Gasteiger partial charge >= 0.3 is 0 Å². The van der Waals surface area contributed by atoms with E-state index in [0.717, 1.165) is 18.8 Å². The maximum absolute atomic E-state index is 6.06. The summed E-state index contributed by atoms with van der Waals surface area (Å²) in [4.78, 5) is 4.54. The normalized spacial score (nSPS) is 18.2. The number of nitrogens with two attached hydrogens (primary N) is 1. The van der Waals surface area contributed by atoms with Crippen molar-refractivity contribution in [1.29, 1.82) is 0 Å². The van der Waals surface area contributed by atoms with E-state index in [1.807, 2.05) is 6.07 Å². The molecule has 0 unspecified atom stereocenters. The Bertz CT molecular complexity index is 350. The van der Waals surface area contributed by atoms with Crippen LogP contribution < -0.4 is 5.73 Å². The summed E-state index contributed by atoms with van der Waals surface area (Å²) in [6.07, 6.45) is 7.47. The largest absolute Gasteiger partial charge is 0.387 e. The monoisotopic (exact) mass is 230 g/mol. The zero-order chi connectivity index (χ0) is 11.9. The van der Waals surface area contributed by atoms with E-state index >= 15 is 0 Å². The molecule has 0 amide bonds. The van der Waals surface area contributed by atoms with Gasteiger partial charge in [0.25, 0.3) is 0 Å². The molecular weight excluding hydrogens is 208 g/mol. The minimum Gasteiger partial charge on any atom is -0.387 e. The van der Waals surface area contributed by atoms with E-state index in [-0.39, 0.29) is 0 Å². The van der Waals surface area contributed by atoms with Crippen molar-refractivity contribution >= 4 is 5.84 Å². The third kappa shape index (κ3) is 3.88. The van der Waals surface area contributed by atoms with Crippen LogP contribution >= 0.6 is 0 Å². The minimum atomic E-state index is 0.555. The van der Waals surface area contributed by atoms with Crippen molar-refractivity contribution in [3.8, 4) is 0 Å². The summed E-state index contributed by atoms with van der Waals surface area (Å²) in [6.45, 7) is 0.826. The van der Waals surface area contributed by atoms with Crippen molar-refractivity contribution in [3.63, 3.8) is 0 Å². The summed E-state index contributed by atoms with van der Waals surface area (Å²) in [5, 5.41) is 0. The Labute approximate surface area is 104 Å². The quantitative estimate of drug-likeness (QED) is 0.626. The molecule has 1 aromatic rings. The number of nitrogens with zero attached hydrogens (tertiary/aromatic N) is 1. The molecule has 0 heterocycles. The Morgan fingerprint density at radius 2 is 1.82 bits per heavy atom. The lowest BCUT2D eigenvalue weighted by Crippen LogP contribution is -2.26. The topological polar surface area (TPSA) is 38.4 Å². The van der Waals surface area contributed by atoms with Crippen molar-refractivity contribution in [1.82, 2.24) is 0 Å². The Morgan fingerprint density at radius 3 is 2.53 bits per heavy atom. The summed E-state index contributed by atoms with van der Waals surface area (Å²) in [5.41, 5.74) is 7.40. The van der Waals surface area contributed by atoms with Gasteiger partial charge in [0.15, 0.2) is 0 Å². The molecule has 1 aromatic carbocycles. The maximum atomic E-state index is 6.06. The van der Waals surface area contributed by atoms with Gasteiger partial charge in [-0.25, -0.2) is 0 Å². The molecule has 92 valence electrons. The summed E-state index contributed by atoms with van der Waals surface area (Å²) in [5.74, 6) is 1.44. The second-order valence-corrected chi connectivity index (χ2v) is 4.88. The molecule has 0 atom stereocenters. The number of rotatable bonds is 4. The Balaban J connectivity index is 1.79. The van der Waals surface area contributed by atoms with E-state index < -0.39 is 0 Å². The summed E-state index contributed by atoms with van der Waals surface area (Å²) in [6, 6.07) is 10.5. The van der Waals surface area contributed by atoms with Crippen molar-refractivity contribution in [2.75, 3.05) is 6.54 Å². The van der Waals surface area contributed by atoms with E-state index in [1.54, 1.807) is 0 Å². The van der Waals surface area contributed by atoms with Crippen LogP contribution in [-0.2, 0) is 6.42 Å². The fraction of sp³-hybridized carbons (Fsp3) is 0.533. The molecule has 0 saturated heterocycles. The van der Waals surface area contributed by atoms with Crippen LogP contribution in [0.1, 0.15) is 37.7 Å². The number of hydrogen-bond donors (Lipinski definition) is 1. The highest BCUT2D eigenvalue weighted by Crippen LogP contribution is 2.23. The highest BCUT2D eigenvalue weighted by atomic mass is 14.9. The Morgan fingerprint density at radius 1 is 1.12 bits per heavy atom. The average Bonchev–Trinajstić information content (AvgIpc) is 2.41. The number of hydrogen-bond acceptors (Lipinski definition) is 1. The molecule has 1 fully saturated rings. The number of amidine groups is 1. The first-order valence-corrected chi connectivity index (χ1v) is 6.70. The summed E-state index contributed by atoms with van der Waals surface area (Å²) in [7, 11) is 0. The molecule has 1 saturated carbocycles. The van der Waals surface area contributed by atoms with Crippen LogP contribution in [0.15, 0.2) is 35.3 Å². The second-order valence-electron chi connectivity index (χ2n) is 4.88. The van der Waals surface area contributed by atoms with Gasteiger partial charge in [0.05, 0.1) is 5.84 Å². The van der Waals surface area contributed by atoms with Crippen molar-refractivity contribution in [2.24, 2.45) is 16.6 Å². The standard InChI is InChI=1S/C15H22N2/c16-15(14-9-5-2-6-10-14)17-12-11-13-7-3-1-4-8-13/h1,3-4,7-8,14H,2,5-6,9-12H2,(H2,16,17). The average molecular weight is 230 g/mol. The van der Waals surface area contributed by atoms with Gasteiger partial charge in [0, 0.05) is 12.5 Å². The highest BCUT2D eigenvalue weighted by molar-refractivity contribution is 5.82. The third-order valence-electron chi connectivity index (χ3n) is 3.56. The molecule has 1 aliphatic rings. The smallest absolute Gasteiger partial charge is 0.0968 e. The second kappa shape index (κ2) is 6.43. The van der Waals surface area contributed by atoms with Crippen LogP contribution in [0.5, 0.6) is 0 Å². The van der Waals surface area contributed by atoms with Crippen molar-refractivity contribution in [3.05, 3.63) is 35.9 Å².